The molecule has 1 saturated heterocycles. The summed E-state index contributed by atoms with van der Waals surface area (Å²) in [6, 6.07) is 15.5. The summed E-state index contributed by atoms with van der Waals surface area (Å²) in [4.78, 5) is 23.9. The van der Waals surface area contributed by atoms with E-state index in [4.69, 9.17) is 4.42 Å². The Labute approximate surface area is 182 Å². The van der Waals surface area contributed by atoms with Gasteiger partial charge in [-0.25, -0.2) is 4.98 Å². The average molecular weight is 421 g/mol. The summed E-state index contributed by atoms with van der Waals surface area (Å²) in [7, 11) is 0. The highest BCUT2D eigenvalue weighted by atomic mass is 16.4. The molecule has 2 atom stereocenters. The van der Waals surface area contributed by atoms with E-state index < -0.39 is 6.10 Å². The first-order valence-corrected chi connectivity index (χ1v) is 10.6. The lowest BCUT2D eigenvalue weighted by molar-refractivity contribution is -0.129. The Bertz CT molecular complexity index is 1030. The molecule has 0 bridgehead atoms. The van der Waals surface area contributed by atoms with Crippen LogP contribution in [-0.4, -0.2) is 45.1 Å². The minimum Gasteiger partial charge on any atom is -0.441 e. The second-order valence-corrected chi connectivity index (χ2v) is 8.16. The van der Waals surface area contributed by atoms with Crippen LogP contribution in [0.1, 0.15) is 29.3 Å². The molecule has 2 N–H and O–H groups in total. The molecule has 1 aromatic carbocycles. The molecular weight excluding hydrogens is 392 g/mol. The van der Waals surface area contributed by atoms with Crippen molar-refractivity contribution >= 4 is 5.91 Å². The molecule has 7 heteroatoms. The lowest BCUT2D eigenvalue weighted by Gasteiger charge is -2.34. The first kappa shape index (κ1) is 21.2. The zero-order chi connectivity index (χ0) is 21.8. The lowest BCUT2D eigenvalue weighted by Crippen LogP contribution is -2.48. The van der Waals surface area contributed by atoms with Crippen molar-refractivity contribution in [2.45, 2.75) is 39.5 Å². The van der Waals surface area contributed by atoms with Crippen molar-refractivity contribution in [3.63, 3.8) is 0 Å². The Hall–Kier alpha value is -3.03. The molecule has 1 fully saturated rings. The smallest absolute Gasteiger partial charge is 0.226 e. The number of likely N-dealkylation sites (tertiary alicyclic amines) is 1. The number of carbonyl (C=O) groups excluding carboxylic acids is 1. The average Bonchev–Trinajstić information content (AvgIpc) is 3.12. The van der Waals surface area contributed by atoms with Crippen LogP contribution in [0, 0.1) is 19.8 Å². The van der Waals surface area contributed by atoms with E-state index in [-0.39, 0.29) is 11.8 Å². The minimum absolute atomic E-state index is 0.0612. The van der Waals surface area contributed by atoms with E-state index in [1.165, 1.54) is 0 Å². The van der Waals surface area contributed by atoms with Crippen molar-refractivity contribution in [2.24, 2.45) is 5.92 Å². The monoisotopic (exact) mass is 420 g/mol. The number of nitrogens with one attached hydrogen (secondary N) is 1. The molecule has 31 heavy (non-hydrogen) atoms. The van der Waals surface area contributed by atoms with E-state index in [1.54, 1.807) is 0 Å². The zero-order valence-corrected chi connectivity index (χ0v) is 17.9. The second-order valence-electron chi connectivity index (χ2n) is 8.16. The number of aliphatic hydroxyl groups excluding tert-OH is 1. The molecule has 1 aliphatic rings. The number of aryl methyl sites for hydroxylation is 2. The fraction of sp³-hybridized carbons (Fsp3) is 0.375. The van der Waals surface area contributed by atoms with Gasteiger partial charge < -0.3 is 14.8 Å². The molecule has 162 valence electrons. The number of aliphatic hydroxyl groups is 1. The van der Waals surface area contributed by atoms with E-state index in [9.17, 15) is 9.90 Å². The number of carbonyl (C=O) groups is 1. The van der Waals surface area contributed by atoms with Crippen LogP contribution in [0.25, 0.3) is 11.5 Å². The molecule has 0 aliphatic carbocycles. The molecule has 4 rings (SSSR count). The quantitative estimate of drug-likeness (QED) is 0.637. The van der Waals surface area contributed by atoms with Crippen molar-refractivity contribution in [1.29, 1.82) is 0 Å². The molecule has 7 nitrogen and oxygen atoms in total. The Kier molecular flexibility index (Phi) is 6.44. The van der Waals surface area contributed by atoms with E-state index in [0.717, 1.165) is 28.4 Å². The highest BCUT2D eigenvalue weighted by Gasteiger charge is 2.31. The van der Waals surface area contributed by atoms with Gasteiger partial charge >= 0.3 is 0 Å². The van der Waals surface area contributed by atoms with Crippen molar-refractivity contribution in [2.75, 3.05) is 13.1 Å². The molecular formula is C24H28N4O3. The fourth-order valence-electron chi connectivity index (χ4n) is 3.99. The molecule has 0 radical (unpaired) electrons. The topological polar surface area (TPSA) is 91.5 Å². The number of aromatic nitrogens is 2. The van der Waals surface area contributed by atoms with Crippen LogP contribution in [0.3, 0.4) is 0 Å². The summed E-state index contributed by atoms with van der Waals surface area (Å²) in [6.45, 7) is 5.82. The summed E-state index contributed by atoms with van der Waals surface area (Å²) >= 11 is 0. The number of pyridine rings is 1. The number of benzene rings is 1. The number of piperidine rings is 1. The van der Waals surface area contributed by atoms with Gasteiger partial charge in [0.2, 0.25) is 11.8 Å². The molecule has 0 saturated carbocycles. The van der Waals surface area contributed by atoms with Crippen LogP contribution in [0.4, 0.5) is 0 Å². The standard InChI is InChI=1S/C24H28N4O3/c1-16-7-6-10-20(26-16)12-25-23(30)19-11-21(29)14-28(13-19)15-22-17(2)31-24(27-22)18-8-4-3-5-9-18/h3-10,19,21,29H,11-15H2,1-2H3,(H,25,30)/t19-,21-/m1/s1. The maximum atomic E-state index is 12.7. The molecule has 0 spiro atoms. The van der Waals surface area contributed by atoms with Crippen LogP contribution >= 0.6 is 0 Å². The van der Waals surface area contributed by atoms with Gasteiger partial charge in [0.25, 0.3) is 0 Å². The highest BCUT2D eigenvalue weighted by molar-refractivity contribution is 5.79. The van der Waals surface area contributed by atoms with Crippen molar-refractivity contribution in [3.05, 3.63) is 71.4 Å². The van der Waals surface area contributed by atoms with E-state index in [2.05, 4.69) is 20.2 Å². The van der Waals surface area contributed by atoms with Gasteiger partial charge in [-0.3, -0.25) is 14.7 Å². The maximum Gasteiger partial charge on any atom is 0.226 e. The van der Waals surface area contributed by atoms with Gasteiger partial charge in [0, 0.05) is 30.9 Å². The maximum absolute atomic E-state index is 12.7. The van der Waals surface area contributed by atoms with E-state index >= 15 is 0 Å². The van der Waals surface area contributed by atoms with E-state index in [0.29, 0.717) is 38.5 Å². The second kappa shape index (κ2) is 9.41. The number of amides is 1. The predicted octanol–water partition coefficient (Wildman–Crippen LogP) is 2.85. The Morgan fingerprint density at radius 2 is 1.94 bits per heavy atom. The van der Waals surface area contributed by atoms with Crippen molar-refractivity contribution in [3.8, 4) is 11.5 Å². The summed E-state index contributed by atoms with van der Waals surface area (Å²) in [6.07, 6.45) is -0.0983. The first-order chi connectivity index (χ1) is 15.0. The minimum atomic E-state index is -0.553. The summed E-state index contributed by atoms with van der Waals surface area (Å²) in [5, 5.41) is 13.3. The first-order valence-electron chi connectivity index (χ1n) is 10.6. The molecule has 1 amide bonds. The van der Waals surface area contributed by atoms with Gasteiger partial charge in [0.1, 0.15) is 5.76 Å². The number of rotatable bonds is 6. The Morgan fingerprint density at radius 1 is 1.13 bits per heavy atom. The third kappa shape index (κ3) is 5.37. The lowest BCUT2D eigenvalue weighted by atomic mass is 9.95. The van der Waals surface area contributed by atoms with Crippen LogP contribution in [-0.2, 0) is 17.9 Å². The highest BCUT2D eigenvalue weighted by Crippen LogP contribution is 2.24. The van der Waals surface area contributed by atoms with Crippen LogP contribution in [0.2, 0.25) is 0 Å². The summed E-state index contributed by atoms with van der Waals surface area (Å²) in [5.41, 5.74) is 3.51. The molecule has 3 aromatic rings. The molecule has 2 aromatic heterocycles. The fourth-order valence-corrected chi connectivity index (χ4v) is 3.99. The van der Waals surface area contributed by atoms with Crippen LogP contribution < -0.4 is 5.32 Å². The zero-order valence-electron chi connectivity index (χ0n) is 17.9. The number of oxazole rings is 1. The molecule has 3 heterocycles. The van der Waals surface area contributed by atoms with E-state index in [1.807, 2.05) is 62.4 Å². The molecule has 0 unspecified atom stereocenters. The number of hydrogen-bond acceptors (Lipinski definition) is 6. The van der Waals surface area contributed by atoms with Gasteiger partial charge in [-0.1, -0.05) is 24.3 Å². The third-order valence-corrected chi connectivity index (χ3v) is 5.55. The van der Waals surface area contributed by atoms with Gasteiger partial charge in [0.05, 0.1) is 30.0 Å². The predicted molar refractivity (Wildman–Crippen MR) is 117 cm³/mol. The normalized spacial score (nSPS) is 19.3. The van der Waals surface area contributed by atoms with Crippen LogP contribution in [0.5, 0.6) is 0 Å². The third-order valence-electron chi connectivity index (χ3n) is 5.55. The number of hydrogen-bond donors (Lipinski definition) is 2. The number of β-amino-alcohol motifs (C(OH)–C–C–N with tert-alkyl or cyclic N) is 1. The SMILES string of the molecule is Cc1cccc(CNC(=O)[C@@H]2C[C@@H](O)CN(Cc3nc(-c4ccccc4)oc3C)C2)n1. The van der Waals surface area contributed by atoms with Crippen molar-refractivity contribution < 1.29 is 14.3 Å². The van der Waals surface area contributed by atoms with Gasteiger partial charge in [-0.2, -0.15) is 0 Å². The number of nitrogens with zero attached hydrogens (tertiary/aromatic N) is 3. The van der Waals surface area contributed by atoms with Crippen LogP contribution in [0.15, 0.2) is 52.9 Å². The summed E-state index contributed by atoms with van der Waals surface area (Å²) < 4.78 is 5.85. The van der Waals surface area contributed by atoms with Gasteiger partial charge in [0.15, 0.2) is 0 Å². The Balaban J connectivity index is 1.38. The van der Waals surface area contributed by atoms with Gasteiger partial charge in [-0.15, -0.1) is 0 Å². The van der Waals surface area contributed by atoms with Crippen molar-refractivity contribution in [1.82, 2.24) is 20.2 Å². The Morgan fingerprint density at radius 3 is 2.71 bits per heavy atom. The largest absolute Gasteiger partial charge is 0.441 e. The molecule has 1 aliphatic heterocycles. The summed E-state index contributed by atoms with van der Waals surface area (Å²) in [5.74, 6) is 0.999. The van der Waals surface area contributed by atoms with Gasteiger partial charge in [-0.05, 0) is 44.5 Å².